The predicted molar refractivity (Wildman–Crippen MR) is 52.4 cm³/mol. The van der Waals surface area contributed by atoms with E-state index in [9.17, 15) is 13.2 Å². The third-order valence-corrected chi connectivity index (χ3v) is 2.06. The van der Waals surface area contributed by atoms with Gasteiger partial charge in [-0.15, -0.1) is 0 Å². The molecule has 1 aromatic rings. The molecule has 0 unspecified atom stereocenters. The van der Waals surface area contributed by atoms with E-state index in [2.05, 4.69) is 4.98 Å². The van der Waals surface area contributed by atoms with Crippen LogP contribution in [-0.4, -0.2) is 4.98 Å². The second-order valence-corrected chi connectivity index (χ2v) is 3.42. The second kappa shape index (κ2) is 4.08. The minimum absolute atomic E-state index is 0.241. The Labute approximate surface area is 86.3 Å². The molecule has 0 spiro atoms. The Bertz CT molecular complexity index is 358. The lowest BCUT2D eigenvalue weighted by Crippen LogP contribution is -2.13. The summed E-state index contributed by atoms with van der Waals surface area (Å²) >= 11 is 0. The summed E-state index contributed by atoms with van der Waals surface area (Å²) in [6.07, 6.45) is -3.21. The fraction of sp³-hybridized carbons (Fsp3) is 0.500. The van der Waals surface area contributed by atoms with Crippen LogP contribution in [0.15, 0.2) is 6.07 Å². The first-order valence-electron chi connectivity index (χ1n) is 4.69. The fourth-order valence-corrected chi connectivity index (χ4v) is 1.41. The van der Waals surface area contributed by atoms with Crippen LogP contribution in [-0.2, 0) is 12.6 Å². The van der Waals surface area contributed by atoms with Crippen LogP contribution in [0.1, 0.15) is 30.3 Å². The maximum Gasteiger partial charge on any atom is 0.418 e. The lowest BCUT2D eigenvalue weighted by Gasteiger charge is -2.13. The predicted octanol–water partition coefficient (Wildman–Crippen LogP) is 2.94. The Kier molecular flexibility index (Phi) is 3.21. The Morgan fingerprint density at radius 3 is 2.47 bits per heavy atom. The molecule has 15 heavy (non-hydrogen) atoms. The van der Waals surface area contributed by atoms with Crippen molar-refractivity contribution in [2.45, 2.75) is 32.9 Å². The van der Waals surface area contributed by atoms with Gasteiger partial charge in [0.1, 0.15) is 0 Å². The van der Waals surface area contributed by atoms with Gasteiger partial charge in [-0.25, -0.2) is 0 Å². The summed E-state index contributed by atoms with van der Waals surface area (Å²) in [4.78, 5) is 4.01. The van der Waals surface area contributed by atoms with Crippen molar-refractivity contribution < 1.29 is 13.2 Å². The number of aromatic nitrogens is 1. The van der Waals surface area contributed by atoms with Crippen molar-refractivity contribution in [3.8, 4) is 0 Å². The lowest BCUT2D eigenvalue weighted by atomic mass is 10.1. The van der Waals surface area contributed by atoms with E-state index in [4.69, 9.17) is 5.73 Å². The summed E-state index contributed by atoms with van der Waals surface area (Å²) in [6.45, 7) is 3.41. The highest BCUT2D eigenvalue weighted by molar-refractivity contribution is 5.53. The topological polar surface area (TPSA) is 38.9 Å². The van der Waals surface area contributed by atoms with Crippen molar-refractivity contribution in [2.75, 3.05) is 5.73 Å². The maximum absolute atomic E-state index is 12.5. The van der Waals surface area contributed by atoms with Gasteiger partial charge in [0.15, 0.2) is 0 Å². The zero-order valence-electron chi connectivity index (χ0n) is 8.65. The van der Waals surface area contributed by atoms with Crippen molar-refractivity contribution in [1.29, 1.82) is 0 Å². The summed E-state index contributed by atoms with van der Waals surface area (Å²) in [5, 5.41) is 0. The summed E-state index contributed by atoms with van der Waals surface area (Å²) in [6, 6.07) is 0.981. The van der Waals surface area contributed by atoms with Crippen LogP contribution in [0.25, 0.3) is 0 Å². The molecule has 0 aliphatic carbocycles. The molecule has 1 rings (SSSR count). The molecule has 0 atom stereocenters. The van der Waals surface area contributed by atoms with Gasteiger partial charge >= 0.3 is 6.18 Å². The summed E-state index contributed by atoms with van der Waals surface area (Å²) in [5.41, 5.74) is 5.11. The normalized spacial score (nSPS) is 11.8. The summed E-state index contributed by atoms with van der Waals surface area (Å²) in [5.74, 6) is 0. The Balaban J connectivity index is 3.28. The van der Waals surface area contributed by atoms with Crippen LogP contribution in [0.3, 0.4) is 0 Å². The largest absolute Gasteiger partial charge is 0.418 e. The average Bonchev–Trinajstić information content (AvgIpc) is 2.09. The van der Waals surface area contributed by atoms with Gasteiger partial charge in [-0.3, -0.25) is 4.98 Å². The van der Waals surface area contributed by atoms with E-state index in [1.807, 2.05) is 6.92 Å². The SMILES string of the molecule is CCCc1nc(C)cc(C(F)(F)F)c1N. The monoisotopic (exact) mass is 218 g/mol. The third-order valence-electron chi connectivity index (χ3n) is 2.06. The zero-order valence-corrected chi connectivity index (χ0v) is 8.65. The number of anilines is 1. The van der Waals surface area contributed by atoms with Crippen LogP contribution in [0.4, 0.5) is 18.9 Å². The van der Waals surface area contributed by atoms with Crippen LogP contribution in [0.5, 0.6) is 0 Å². The van der Waals surface area contributed by atoms with Crippen LogP contribution < -0.4 is 5.73 Å². The van der Waals surface area contributed by atoms with Crippen LogP contribution in [0.2, 0.25) is 0 Å². The van der Waals surface area contributed by atoms with Gasteiger partial charge in [0.25, 0.3) is 0 Å². The molecule has 0 amide bonds. The van der Waals surface area contributed by atoms with E-state index in [1.54, 1.807) is 0 Å². The molecule has 2 N–H and O–H groups in total. The molecule has 84 valence electrons. The van der Waals surface area contributed by atoms with Gasteiger partial charge in [-0.05, 0) is 19.4 Å². The Morgan fingerprint density at radius 1 is 1.40 bits per heavy atom. The van der Waals surface area contributed by atoms with E-state index in [-0.39, 0.29) is 5.69 Å². The first-order valence-corrected chi connectivity index (χ1v) is 4.69. The quantitative estimate of drug-likeness (QED) is 0.828. The second-order valence-electron chi connectivity index (χ2n) is 3.42. The number of alkyl halides is 3. The Morgan fingerprint density at radius 2 is 2.00 bits per heavy atom. The number of pyridine rings is 1. The molecular weight excluding hydrogens is 205 g/mol. The number of nitrogens with two attached hydrogens (primary N) is 1. The summed E-state index contributed by atoms with van der Waals surface area (Å²) in [7, 11) is 0. The minimum atomic E-state index is -4.40. The van der Waals surface area contributed by atoms with E-state index >= 15 is 0 Å². The van der Waals surface area contributed by atoms with Crippen molar-refractivity contribution >= 4 is 5.69 Å². The highest BCUT2D eigenvalue weighted by Gasteiger charge is 2.34. The van der Waals surface area contributed by atoms with Crippen molar-refractivity contribution in [3.05, 3.63) is 23.0 Å². The average molecular weight is 218 g/mol. The molecule has 5 heteroatoms. The fourth-order valence-electron chi connectivity index (χ4n) is 1.41. The van der Waals surface area contributed by atoms with Gasteiger partial charge < -0.3 is 5.73 Å². The van der Waals surface area contributed by atoms with Gasteiger partial charge in [0.05, 0.1) is 16.9 Å². The molecular formula is C10H13F3N2. The van der Waals surface area contributed by atoms with Crippen LogP contribution in [0, 0.1) is 6.92 Å². The molecule has 0 saturated heterocycles. The minimum Gasteiger partial charge on any atom is -0.397 e. The lowest BCUT2D eigenvalue weighted by molar-refractivity contribution is -0.137. The smallest absolute Gasteiger partial charge is 0.397 e. The number of nitrogen functional groups attached to an aromatic ring is 1. The van der Waals surface area contributed by atoms with E-state index in [0.29, 0.717) is 17.8 Å². The highest BCUT2D eigenvalue weighted by Crippen LogP contribution is 2.35. The first-order chi connectivity index (χ1) is 6.86. The first kappa shape index (κ1) is 11.8. The molecule has 0 aliphatic rings. The number of rotatable bonds is 2. The van der Waals surface area contributed by atoms with Crippen LogP contribution >= 0.6 is 0 Å². The Hall–Kier alpha value is -1.26. The highest BCUT2D eigenvalue weighted by atomic mass is 19.4. The van der Waals surface area contributed by atoms with Gasteiger partial charge in [-0.2, -0.15) is 13.2 Å². The van der Waals surface area contributed by atoms with E-state index in [0.717, 1.165) is 12.5 Å². The number of halogens is 3. The zero-order chi connectivity index (χ0) is 11.6. The van der Waals surface area contributed by atoms with Crippen molar-refractivity contribution in [2.24, 2.45) is 0 Å². The maximum atomic E-state index is 12.5. The number of hydrogen-bond acceptors (Lipinski definition) is 2. The van der Waals surface area contributed by atoms with Crippen molar-refractivity contribution in [3.63, 3.8) is 0 Å². The third kappa shape index (κ3) is 2.61. The molecule has 0 bridgehead atoms. The molecule has 0 radical (unpaired) electrons. The molecule has 2 nitrogen and oxygen atoms in total. The standard InChI is InChI=1S/C10H13F3N2/c1-3-4-8-9(14)7(10(11,12)13)5-6(2)15-8/h5H,3-4,14H2,1-2H3. The van der Waals surface area contributed by atoms with E-state index in [1.165, 1.54) is 6.92 Å². The molecule has 0 saturated carbocycles. The van der Waals surface area contributed by atoms with Gasteiger partial charge in [0, 0.05) is 5.69 Å². The number of nitrogens with zero attached hydrogens (tertiary/aromatic N) is 1. The molecule has 1 aromatic heterocycles. The number of aryl methyl sites for hydroxylation is 2. The van der Waals surface area contributed by atoms with E-state index < -0.39 is 11.7 Å². The van der Waals surface area contributed by atoms with Crippen molar-refractivity contribution in [1.82, 2.24) is 4.98 Å². The van der Waals surface area contributed by atoms with Gasteiger partial charge in [-0.1, -0.05) is 13.3 Å². The molecule has 0 aromatic carbocycles. The molecule has 1 heterocycles. The molecule has 0 aliphatic heterocycles. The van der Waals surface area contributed by atoms with Gasteiger partial charge in [0.2, 0.25) is 0 Å². The number of hydrogen-bond donors (Lipinski definition) is 1. The molecule has 0 fully saturated rings. The summed E-state index contributed by atoms with van der Waals surface area (Å²) < 4.78 is 37.6.